The molecular formula is C21H26N4O4S. The molecule has 1 aromatic carbocycles. The van der Waals surface area contributed by atoms with Gasteiger partial charge in [0.2, 0.25) is 17.7 Å². The highest BCUT2D eigenvalue weighted by atomic mass is 32.2. The van der Waals surface area contributed by atoms with Gasteiger partial charge in [0.15, 0.2) is 5.82 Å². The highest BCUT2D eigenvalue weighted by molar-refractivity contribution is 8.00. The number of hydrogen-bond donors (Lipinski definition) is 2. The Morgan fingerprint density at radius 1 is 1.17 bits per heavy atom. The van der Waals surface area contributed by atoms with Crippen LogP contribution in [0.1, 0.15) is 32.4 Å². The first-order valence-electron chi connectivity index (χ1n) is 9.89. The molecule has 3 rings (SSSR count). The fourth-order valence-electron chi connectivity index (χ4n) is 3.35. The molecule has 0 aliphatic carbocycles. The number of rotatable bonds is 6. The van der Waals surface area contributed by atoms with Gasteiger partial charge in [0.25, 0.3) is 0 Å². The summed E-state index contributed by atoms with van der Waals surface area (Å²) in [6.45, 7) is 6.23. The summed E-state index contributed by atoms with van der Waals surface area (Å²) in [7, 11) is 0. The Hall–Kier alpha value is -2.81. The van der Waals surface area contributed by atoms with E-state index in [2.05, 4.69) is 15.8 Å². The van der Waals surface area contributed by atoms with Gasteiger partial charge in [0.1, 0.15) is 5.76 Å². The number of aromatic nitrogens is 1. The zero-order valence-corrected chi connectivity index (χ0v) is 18.1. The van der Waals surface area contributed by atoms with Gasteiger partial charge in [-0.05, 0) is 51.0 Å². The van der Waals surface area contributed by atoms with Crippen LogP contribution in [-0.2, 0) is 14.4 Å². The molecule has 3 amide bonds. The number of amides is 3. The number of benzene rings is 1. The van der Waals surface area contributed by atoms with E-state index in [-0.39, 0.29) is 28.9 Å². The highest BCUT2D eigenvalue weighted by Crippen LogP contribution is 2.28. The molecule has 160 valence electrons. The standard InChI is InChI=1S/C21H26N4O4S/c1-13-12-19(24-29-13)23-20(27)16-8-10-25(11-9-16)21(28)14(2)30-18-6-4-17(5-7-18)22-15(3)26/h4-7,12,14,16H,8-11H2,1-3H3,(H,22,26)(H,23,24,27)/t14-/m1/s1. The van der Waals surface area contributed by atoms with Crippen molar-refractivity contribution in [3.05, 3.63) is 36.1 Å². The molecule has 8 nitrogen and oxygen atoms in total. The fraction of sp³-hybridized carbons (Fsp3) is 0.429. The first kappa shape index (κ1) is 21.9. The van der Waals surface area contributed by atoms with Gasteiger partial charge in [-0.3, -0.25) is 14.4 Å². The van der Waals surface area contributed by atoms with Crippen LogP contribution in [0.3, 0.4) is 0 Å². The van der Waals surface area contributed by atoms with Crippen molar-refractivity contribution in [2.24, 2.45) is 5.92 Å². The van der Waals surface area contributed by atoms with Crippen LogP contribution in [0.4, 0.5) is 11.5 Å². The van der Waals surface area contributed by atoms with E-state index in [1.54, 1.807) is 13.0 Å². The molecule has 1 aliphatic rings. The number of hydrogen-bond acceptors (Lipinski definition) is 6. The summed E-state index contributed by atoms with van der Waals surface area (Å²) in [5.74, 6) is 0.782. The van der Waals surface area contributed by atoms with Crippen LogP contribution in [0.5, 0.6) is 0 Å². The molecule has 0 radical (unpaired) electrons. The number of aryl methyl sites for hydroxylation is 1. The average molecular weight is 431 g/mol. The van der Waals surface area contributed by atoms with Gasteiger partial charge < -0.3 is 20.1 Å². The minimum atomic E-state index is -0.236. The second-order valence-corrected chi connectivity index (χ2v) is 8.79. The minimum Gasteiger partial charge on any atom is -0.360 e. The summed E-state index contributed by atoms with van der Waals surface area (Å²) < 4.78 is 4.96. The molecule has 1 aliphatic heterocycles. The smallest absolute Gasteiger partial charge is 0.235 e. The van der Waals surface area contributed by atoms with Gasteiger partial charge in [-0.25, -0.2) is 0 Å². The van der Waals surface area contributed by atoms with Crippen molar-refractivity contribution in [3.63, 3.8) is 0 Å². The molecule has 0 saturated carbocycles. The lowest BCUT2D eigenvalue weighted by molar-refractivity contribution is -0.133. The zero-order valence-electron chi connectivity index (χ0n) is 17.3. The molecule has 2 heterocycles. The van der Waals surface area contributed by atoms with E-state index in [0.717, 1.165) is 10.6 Å². The summed E-state index contributed by atoms with van der Waals surface area (Å²) >= 11 is 1.48. The minimum absolute atomic E-state index is 0.0666. The van der Waals surface area contributed by atoms with E-state index >= 15 is 0 Å². The number of carbonyl (C=O) groups excluding carboxylic acids is 3. The molecule has 30 heavy (non-hydrogen) atoms. The SMILES string of the molecule is CC(=O)Nc1ccc(S[C@H](C)C(=O)N2CCC(C(=O)Nc3cc(C)on3)CC2)cc1. The van der Waals surface area contributed by atoms with Crippen LogP contribution in [-0.4, -0.2) is 46.1 Å². The summed E-state index contributed by atoms with van der Waals surface area (Å²) in [5.41, 5.74) is 0.729. The molecule has 0 spiro atoms. The topological polar surface area (TPSA) is 105 Å². The second-order valence-electron chi connectivity index (χ2n) is 7.38. The summed E-state index contributed by atoms with van der Waals surface area (Å²) in [4.78, 5) is 39.1. The van der Waals surface area contributed by atoms with Crippen molar-refractivity contribution in [1.29, 1.82) is 0 Å². The molecule has 0 unspecified atom stereocenters. The van der Waals surface area contributed by atoms with E-state index in [0.29, 0.717) is 37.5 Å². The third-order valence-electron chi connectivity index (χ3n) is 4.89. The quantitative estimate of drug-likeness (QED) is 0.682. The van der Waals surface area contributed by atoms with Gasteiger partial charge in [0, 0.05) is 42.6 Å². The molecule has 0 bridgehead atoms. The normalized spacial score (nSPS) is 15.5. The summed E-state index contributed by atoms with van der Waals surface area (Å²) in [6, 6.07) is 9.10. The molecule has 2 N–H and O–H groups in total. The van der Waals surface area contributed by atoms with Gasteiger partial charge in [-0.1, -0.05) is 5.16 Å². The molecular weight excluding hydrogens is 404 g/mol. The lowest BCUT2D eigenvalue weighted by Gasteiger charge is -2.32. The molecule has 1 fully saturated rings. The zero-order chi connectivity index (χ0) is 21.7. The Morgan fingerprint density at radius 3 is 2.40 bits per heavy atom. The Balaban J connectivity index is 1.47. The maximum atomic E-state index is 12.8. The molecule has 2 aromatic rings. The number of likely N-dealkylation sites (tertiary alicyclic amines) is 1. The number of carbonyl (C=O) groups is 3. The van der Waals surface area contributed by atoms with Crippen LogP contribution in [0.2, 0.25) is 0 Å². The van der Waals surface area contributed by atoms with Crippen molar-refractivity contribution >= 4 is 41.0 Å². The Kier molecular flexibility index (Phi) is 7.15. The number of nitrogens with one attached hydrogen (secondary N) is 2. The second kappa shape index (κ2) is 9.80. The summed E-state index contributed by atoms with van der Waals surface area (Å²) in [5, 5.41) is 9.04. The first-order chi connectivity index (χ1) is 14.3. The van der Waals surface area contributed by atoms with Crippen molar-refractivity contribution in [3.8, 4) is 0 Å². The van der Waals surface area contributed by atoms with Crippen molar-refractivity contribution in [2.45, 2.75) is 43.8 Å². The number of anilines is 2. The Morgan fingerprint density at radius 2 is 1.83 bits per heavy atom. The molecule has 1 atom stereocenters. The monoisotopic (exact) mass is 430 g/mol. The first-order valence-corrected chi connectivity index (χ1v) is 10.8. The maximum absolute atomic E-state index is 12.8. The third-order valence-corrected chi connectivity index (χ3v) is 5.99. The number of nitrogens with zero attached hydrogens (tertiary/aromatic N) is 2. The van der Waals surface area contributed by atoms with E-state index in [9.17, 15) is 14.4 Å². The van der Waals surface area contributed by atoms with Gasteiger partial charge in [0.05, 0.1) is 5.25 Å². The van der Waals surface area contributed by atoms with Crippen molar-refractivity contribution in [1.82, 2.24) is 10.1 Å². The average Bonchev–Trinajstić information content (AvgIpc) is 3.13. The van der Waals surface area contributed by atoms with E-state index in [1.807, 2.05) is 36.1 Å². The molecule has 1 aromatic heterocycles. The maximum Gasteiger partial charge on any atom is 0.235 e. The van der Waals surface area contributed by atoms with Gasteiger partial charge in [-0.15, -0.1) is 11.8 Å². The number of piperidine rings is 1. The lowest BCUT2D eigenvalue weighted by atomic mass is 9.95. The van der Waals surface area contributed by atoms with E-state index in [1.165, 1.54) is 18.7 Å². The molecule has 1 saturated heterocycles. The van der Waals surface area contributed by atoms with Crippen LogP contribution in [0.25, 0.3) is 0 Å². The Labute approximate surface area is 179 Å². The van der Waals surface area contributed by atoms with Crippen molar-refractivity contribution in [2.75, 3.05) is 23.7 Å². The van der Waals surface area contributed by atoms with Crippen LogP contribution < -0.4 is 10.6 Å². The van der Waals surface area contributed by atoms with Crippen LogP contribution >= 0.6 is 11.8 Å². The van der Waals surface area contributed by atoms with Crippen LogP contribution in [0.15, 0.2) is 39.8 Å². The lowest BCUT2D eigenvalue weighted by Crippen LogP contribution is -2.44. The fourth-order valence-corrected chi connectivity index (χ4v) is 4.30. The third kappa shape index (κ3) is 5.85. The number of thioether (sulfide) groups is 1. The molecule has 9 heteroatoms. The highest BCUT2D eigenvalue weighted by Gasteiger charge is 2.30. The van der Waals surface area contributed by atoms with Crippen molar-refractivity contribution < 1.29 is 18.9 Å². The van der Waals surface area contributed by atoms with Crippen LogP contribution in [0, 0.1) is 12.8 Å². The predicted molar refractivity (Wildman–Crippen MR) is 115 cm³/mol. The van der Waals surface area contributed by atoms with E-state index in [4.69, 9.17) is 4.52 Å². The Bertz CT molecular complexity index is 904. The van der Waals surface area contributed by atoms with E-state index < -0.39 is 0 Å². The summed E-state index contributed by atoms with van der Waals surface area (Å²) in [6.07, 6.45) is 1.24. The predicted octanol–water partition coefficient (Wildman–Crippen LogP) is 3.30. The van der Waals surface area contributed by atoms with Gasteiger partial charge >= 0.3 is 0 Å². The largest absolute Gasteiger partial charge is 0.360 e. The van der Waals surface area contributed by atoms with Gasteiger partial charge in [-0.2, -0.15) is 0 Å².